The summed E-state index contributed by atoms with van der Waals surface area (Å²) in [5.41, 5.74) is 0.766. The van der Waals surface area contributed by atoms with E-state index in [0.717, 1.165) is 0 Å². The van der Waals surface area contributed by atoms with Crippen molar-refractivity contribution >= 4 is 0 Å². The summed E-state index contributed by atoms with van der Waals surface area (Å²) in [6, 6.07) is 0. The van der Waals surface area contributed by atoms with Crippen molar-refractivity contribution in [3.63, 3.8) is 0 Å². The lowest BCUT2D eigenvalue weighted by atomic mass is 9.66. The Morgan fingerprint density at radius 3 is 1.31 bits per heavy atom. The lowest BCUT2D eigenvalue weighted by Gasteiger charge is -2.50. The van der Waals surface area contributed by atoms with Gasteiger partial charge in [0, 0.05) is 5.54 Å². The molecule has 0 spiro atoms. The lowest BCUT2D eigenvalue weighted by molar-refractivity contribution is 0.00999. The van der Waals surface area contributed by atoms with Crippen LogP contribution in [0.15, 0.2) is 0 Å². The highest BCUT2D eigenvalue weighted by atomic mass is 15.2. The van der Waals surface area contributed by atoms with Crippen molar-refractivity contribution in [3.8, 4) is 0 Å². The Morgan fingerprint density at radius 1 is 0.846 bits per heavy atom. The molecule has 1 nitrogen and oxygen atoms in total. The molecule has 0 aromatic heterocycles. The van der Waals surface area contributed by atoms with Gasteiger partial charge in [-0.15, -0.1) is 0 Å². The van der Waals surface area contributed by atoms with Crippen LogP contribution in [0.25, 0.3) is 0 Å². The van der Waals surface area contributed by atoms with E-state index in [4.69, 9.17) is 0 Å². The van der Waals surface area contributed by atoms with Gasteiger partial charge < -0.3 is 4.90 Å². The van der Waals surface area contributed by atoms with Gasteiger partial charge in [0.1, 0.15) is 0 Å². The van der Waals surface area contributed by atoms with E-state index in [9.17, 15) is 0 Å². The number of hydrogen-bond acceptors (Lipinski definition) is 1. The van der Waals surface area contributed by atoms with Gasteiger partial charge in [0.25, 0.3) is 0 Å². The minimum Gasteiger partial charge on any atom is -0.303 e. The first-order valence-corrected chi connectivity index (χ1v) is 5.55. The van der Waals surface area contributed by atoms with Gasteiger partial charge in [-0.1, -0.05) is 27.7 Å². The Kier molecular flexibility index (Phi) is 4.44. The molecular formula is C12H27N. The van der Waals surface area contributed by atoms with Crippen LogP contribution in [-0.2, 0) is 0 Å². The molecule has 0 aliphatic carbocycles. The highest BCUT2D eigenvalue weighted by Crippen LogP contribution is 2.42. The molecule has 0 aromatic carbocycles. The molecule has 1 atom stereocenters. The molecular weight excluding hydrogens is 158 g/mol. The Hall–Kier alpha value is -0.0400. The summed E-state index contributed by atoms with van der Waals surface area (Å²) in [7, 11) is 4.40. The van der Waals surface area contributed by atoms with E-state index in [1.54, 1.807) is 0 Å². The summed E-state index contributed by atoms with van der Waals surface area (Å²) in [6.07, 6.45) is 3.73. The SMILES string of the molecule is CCC(C)(CC)C(C)(CC)N(C)C. The monoisotopic (exact) mass is 185 g/mol. The summed E-state index contributed by atoms with van der Waals surface area (Å²) in [5.74, 6) is 0. The van der Waals surface area contributed by atoms with Gasteiger partial charge in [0.2, 0.25) is 0 Å². The number of nitrogens with zero attached hydrogens (tertiary/aromatic N) is 1. The summed E-state index contributed by atoms with van der Waals surface area (Å²) >= 11 is 0. The third-order valence-corrected chi connectivity index (χ3v) is 4.54. The van der Waals surface area contributed by atoms with Crippen molar-refractivity contribution in [1.29, 1.82) is 0 Å². The Balaban J connectivity index is 4.91. The second kappa shape index (κ2) is 4.45. The fourth-order valence-electron chi connectivity index (χ4n) is 2.29. The van der Waals surface area contributed by atoms with Crippen LogP contribution in [0, 0.1) is 5.41 Å². The van der Waals surface area contributed by atoms with E-state index in [0.29, 0.717) is 11.0 Å². The average Bonchev–Trinajstić information content (AvgIpc) is 2.14. The topological polar surface area (TPSA) is 3.24 Å². The Morgan fingerprint density at radius 2 is 1.23 bits per heavy atom. The Bertz CT molecular complexity index is 147. The minimum atomic E-state index is 0.330. The molecule has 0 aromatic rings. The molecule has 0 aliphatic rings. The fourth-order valence-corrected chi connectivity index (χ4v) is 2.29. The highest BCUT2D eigenvalue weighted by molar-refractivity contribution is 4.96. The number of rotatable bonds is 5. The zero-order valence-corrected chi connectivity index (χ0v) is 10.6. The molecule has 80 valence electrons. The maximum Gasteiger partial charge on any atom is 0.0226 e. The van der Waals surface area contributed by atoms with Gasteiger partial charge in [0.05, 0.1) is 0 Å². The molecule has 0 N–H and O–H groups in total. The second-order valence-corrected chi connectivity index (χ2v) is 4.79. The van der Waals surface area contributed by atoms with E-state index in [1.165, 1.54) is 19.3 Å². The predicted octanol–water partition coefficient (Wildman–Crippen LogP) is 3.54. The summed E-state index contributed by atoms with van der Waals surface area (Å²) in [5, 5.41) is 0. The Labute approximate surface area is 84.5 Å². The molecule has 13 heavy (non-hydrogen) atoms. The molecule has 0 saturated heterocycles. The van der Waals surface area contributed by atoms with Crippen molar-refractivity contribution in [1.82, 2.24) is 4.90 Å². The summed E-state index contributed by atoms with van der Waals surface area (Å²) < 4.78 is 0. The maximum atomic E-state index is 2.41. The van der Waals surface area contributed by atoms with Crippen molar-refractivity contribution in [2.45, 2.75) is 59.4 Å². The van der Waals surface area contributed by atoms with E-state index in [-0.39, 0.29) is 0 Å². The zero-order chi connectivity index (χ0) is 10.7. The standard InChI is InChI=1S/C12H27N/c1-8-11(4,9-2)12(5,10-3)13(6)7/h8-10H2,1-7H3. The van der Waals surface area contributed by atoms with Crippen molar-refractivity contribution in [2.75, 3.05) is 14.1 Å². The first-order valence-electron chi connectivity index (χ1n) is 5.55. The normalized spacial score (nSPS) is 17.5. The van der Waals surface area contributed by atoms with Gasteiger partial charge >= 0.3 is 0 Å². The zero-order valence-electron chi connectivity index (χ0n) is 10.6. The van der Waals surface area contributed by atoms with Crippen LogP contribution in [0.4, 0.5) is 0 Å². The smallest absolute Gasteiger partial charge is 0.0226 e. The maximum absolute atomic E-state index is 2.41. The molecule has 0 heterocycles. The van der Waals surface area contributed by atoms with Gasteiger partial charge in [-0.05, 0) is 45.7 Å². The quantitative estimate of drug-likeness (QED) is 0.633. The first kappa shape index (κ1) is 13.0. The molecule has 1 heteroatoms. The van der Waals surface area contributed by atoms with Crippen LogP contribution in [0.1, 0.15) is 53.9 Å². The van der Waals surface area contributed by atoms with Crippen LogP contribution < -0.4 is 0 Å². The van der Waals surface area contributed by atoms with Crippen molar-refractivity contribution in [2.24, 2.45) is 5.41 Å². The van der Waals surface area contributed by atoms with Crippen LogP contribution in [0.3, 0.4) is 0 Å². The lowest BCUT2D eigenvalue weighted by Crippen LogP contribution is -2.53. The second-order valence-electron chi connectivity index (χ2n) is 4.79. The molecule has 0 rings (SSSR count). The summed E-state index contributed by atoms with van der Waals surface area (Å²) in [6.45, 7) is 11.7. The number of hydrogen-bond donors (Lipinski definition) is 0. The molecule has 0 bridgehead atoms. The van der Waals surface area contributed by atoms with Gasteiger partial charge in [0.15, 0.2) is 0 Å². The molecule has 0 aliphatic heterocycles. The third kappa shape index (κ3) is 2.07. The minimum absolute atomic E-state index is 0.330. The largest absolute Gasteiger partial charge is 0.303 e. The van der Waals surface area contributed by atoms with Crippen LogP contribution >= 0.6 is 0 Å². The molecule has 0 fully saturated rings. The van der Waals surface area contributed by atoms with Crippen LogP contribution in [-0.4, -0.2) is 24.5 Å². The van der Waals surface area contributed by atoms with Crippen LogP contribution in [0.2, 0.25) is 0 Å². The van der Waals surface area contributed by atoms with Crippen molar-refractivity contribution in [3.05, 3.63) is 0 Å². The van der Waals surface area contributed by atoms with E-state index in [1.807, 2.05) is 0 Å². The van der Waals surface area contributed by atoms with E-state index >= 15 is 0 Å². The molecule has 0 radical (unpaired) electrons. The van der Waals surface area contributed by atoms with Gasteiger partial charge in [-0.2, -0.15) is 0 Å². The molecule has 1 unspecified atom stereocenters. The van der Waals surface area contributed by atoms with Crippen molar-refractivity contribution < 1.29 is 0 Å². The molecule has 0 amide bonds. The predicted molar refractivity (Wildman–Crippen MR) is 61.1 cm³/mol. The fraction of sp³-hybridized carbons (Fsp3) is 1.00. The first-order chi connectivity index (χ1) is 5.88. The van der Waals surface area contributed by atoms with Crippen LogP contribution in [0.5, 0.6) is 0 Å². The summed E-state index contributed by atoms with van der Waals surface area (Å²) in [4.78, 5) is 2.39. The van der Waals surface area contributed by atoms with Gasteiger partial charge in [-0.25, -0.2) is 0 Å². The molecule has 0 saturated carbocycles. The highest BCUT2D eigenvalue weighted by Gasteiger charge is 2.41. The van der Waals surface area contributed by atoms with E-state index < -0.39 is 0 Å². The van der Waals surface area contributed by atoms with E-state index in [2.05, 4.69) is 53.6 Å². The third-order valence-electron chi connectivity index (χ3n) is 4.54. The average molecular weight is 185 g/mol. The van der Waals surface area contributed by atoms with Gasteiger partial charge in [-0.3, -0.25) is 0 Å².